The number of nitrogens with zero attached hydrogens (tertiary/aromatic N) is 7. The molecule has 2 aromatic carbocycles. The Balaban J connectivity index is 1.56. The number of anilines is 4. The van der Waals surface area contributed by atoms with Crippen LogP contribution in [-0.4, -0.2) is 71.3 Å². The maximum absolute atomic E-state index is 15.7. The number of methoxy groups -OCH3 is 2. The molecule has 1 aliphatic heterocycles. The number of benzene rings is 2. The van der Waals surface area contributed by atoms with Crippen molar-refractivity contribution < 1.29 is 27.8 Å². The third-order valence-corrected chi connectivity index (χ3v) is 7.58. The topological polar surface area (TPSA) is 118 Å². The van der Waals surface area contributed by atoms with Crippen molar-refractivity contribution in [2.75, 3.05) is 50.0 Å². The molecule has 5 rings (SSSR count). The molecule has 0 saturated heterocycles. The summed E-state index contributed by atoms with van der Waals surface area (Å²) in [7, 11) is 8.07. The number of hydrogen-bond acceptors (Lipinski definition) is 9. The quantitative estimate of drug-likeness (QED) is 0.208. The van der Waals surface area contributed by atoms with E-state index in [0.717, 1.165) is 16.5 Å². The maximum atomic E-state index is 15.7. The Hall–Kier alpha value is -5.37. The van der Waals surface area contributed by atoms with Gasteiger partial charge in [-0.15, -0.1) is 0 Å². The molecule has 3 heterocycles. The molecule has 4 aromatic rings. The SMILES string of the molecule is COc1cc(OC)c(F)c(N2Cc3cnc(Nc4ccn(C)n4)nc3N(C(C)c3cccc(CC(=O)/C=C/CN(C)C)c3)C2=O)c1F. The first kappa shape index (κ1) is 33.0. The monoisotopic (exact) mass is 646 g/mol. The Morgan fingerprint density at radius 3 is 2.49 bits per heavy atom. The highest BCUT2D eigenvalue weighted by Crippen LogP contribution is 2.42. The van der Waals surface area contributed by atoms with Crippen molar-refractivity contribution in [1.82, 2.24) is 24.6 Å². The molecule has 1 atom stereocenters. The smallest absolute Gasteiger partial charge is 0.331 e. The number of amides is 2. The predicted octanol–water partition coefficient (Wildman–Crippen LogP) is 5.19. The summed E-state index contributed by atoms with van der Waals surface area (Å²) in [5.41, 5.74) is 1.22. The van der Waals surface area contributed by atoms with Gasteiger partial charge in [0.15, 0.2) is 34.7 Å². The molecule has 0 bridgehead atoms. The van der Waals surface area contributed by atoms with E-state index in [-0.39, 0.29) is 42.0 Å². The number of rotatable bonds is 12. The number of carbonyl (C=O) groups is 2. The molecule has 0 fully saturated rings. The molecule has 1 N–H and O–H groups in total. The van der Waals surface area contributed by atoms with E-state index in [1.54, 1.807) is 49.1 Å². The van der Waals surface area contributed by atoms with Crippen LogP contribution in [0.4, 0.5) is 36.8 Å². The fraction of sp³-hybridized carbons (Fsp3) is 0.303. The number of ether oxygens (including phenoxy) is 2. The number of aryl methyl sites for hydroxylation is 1. The predicted molar refractivity (Wildman–Crippen MR) is 173 cm³/mol. The van der Waals surface area contributed by atoms with Crippen LogP contribution in [0, 0.1) is 11.6 Å². The van der Waals surface area contributed by atoms with E-state index in [0.29, 0.717) is 23.5 Å². The van der Waals surface area contributed by atoms with Crippen LogP contribution in [-0.2, 0) is 24.8 Å². The highest BCUT2D eigenvalue weighted by Gasteiger charge is 2.40. The Morgan fingerprint density at radius 2 is 1.85 bits per heavy atom. The summed E-state index contributed by atoms with van der Waals surface area (Å²) in [6.07, 6.45) is 6.75. The lowest BCUT2D eigenvalue weighted by molar-refractivity contribution is -0.114. The standard InChI is InChI=1S/C33H36F2N8O4/c1-20(22-10-7-9-21(15-22)16-24(44)11-8-13-40(2)3)43-31-23(18-36-32(38-31)37-27-12-14-41(4)39-27)19-42(33(43)45)30-28(34)25(46-5)17-26(47-6)29(30)35/h7-12,14-15,17-18,20H,13,16,19H2,1-6H3,(H,36,37,38,39)/b11-8+. The Morgan fingerprint density at radius 1 is 1.13 bits per heavy atom. The van der Waals surface area contributed by atoms with Crippen LogP contribution >= 0.6 is 0 Å². The van der Waals surface area contributed by atoms with Gasteiger partial charge in [0.05, 0.1) is 26.8 Å². The first-order chi connectivity index (χ1) is 22.5. The number of allylic oxidation sites excluding steroid dienone is 1. The van der Waals surface area contributed by atoms with Gasteiger partial charge in [-0.25, -0.2) is 18.6 Å². The third-order valence-electron chi connectivity index (χ3n) is 7.58. The van der Waals surface area contributed by atoms with Gasteiger partial charge in [0.25, 0.3) is 0 Å². The van der Waals surface area contributed by atoms with Gasteiger partial charge in [-0.05, 0) is 38.2 Å². The van der Waals surface area contributed by atoms with Crippen LogP contribution in [0.5, 0.6) is 11.5 Å². The summed E-state index contributed by atoms with van der Waals surface area (Å²) in [6, 6.07) is 8.66. The Kier molecular flexibility index (Phi) is 9.80. The molecule has 246 valence electrons. The minimum Gasteiger partial charge on any atom is -0.493 e. The number of halogens is 2. The number of aromatic nitrogens is 4. The number of hydrogen-bond donors (Lipinski definition) is 1. The zero-order chi connectivity index (χ0) is 33.8. The first-order valence-electron chi connectivity index (χ1n) is 14.8. The summed E-state index contributed by atoms with van der Waals surface area (Å²) in [5.74, 6) is -1.88. The van der Waals surface area contributed by atoms with Gasteiger partial charge >= 0.3 is 6.03 Å². The van der Waals surface area contributed by atoms with E-state index in [2.05, 4.69) is 20.4 Å². The van der Waals surface area contributed by atoms with E-state index in [1.165, 1.54) is 25.3 Å². The molecule has 1 aliphatic rings. The van der Waals surface area contributed by atoms with Gasteiger partial charge in [-0.2, -0.15) is 10.1 Å². The van der Waals surface area contributed by atoms with E-state index >= 15 is 8.78 Å². The number of likely N-dealkylation sites (N-methyl/N-ethyl adjacent to an activating group) is 1. The second kappa shape index (κ2) is 14.0. The van der Waals surface area contributed by atoms with Crippen molar-refractivity contribution in [3.05, 3.63) is 89.3 Å². The van der Waals surface area contributed by atoms with Crippen molar-refractivity contribution in [2.24, 2.45) is 7.05 Å². The lowest BCUT2D eigenvalue weighted by Gasteiger charge is -2.39. The van der Waals surface area contributed by atoms with Crippen molar-refractivity contribution in [3.8, 4) is 11.5 Å². The van der Waals surface area contributed by atoms with Crippen LogP contribution in [0.3, 0.4) is 0 Å². The number of nitrogens with one attached hydrogen (secondary N) is 1. The highest BCUT2D eigenvalue weighted by molar-refractivity contribution is 6.06. The van der Waals surface area contributed by atoms with E-state index in [4.69, 9.17) is 9.47 Å². The first-order valence-corrected chi connectivity index (χ1v) is 14.8. The molecule has 1 unspecified atom stereocenters. The molecule has 0 spiro atoms. The van der Waals surface area contributed by atoms with Crippen LogP contribution < -0.4 is 24.6 Å². The number of fused-ring (bicyclic) bond motifs is 1. The fourth-order valence-corrected chi connectivity index (χ4v) is 5.23. The van der Waals surface area contributed by atoms with Crippen LogP contribution in [0.15, 0.2) is 60.9 Å². The molecular weight excluding hydrogens is 610 g/mol. The molecule has 47 heavy (non-hydrogen) atoms. The molecule has 0 radical (unpaired) electrons. The molecule has 0 aliphatic carbocycles. The van der Waals surface area contributed by atoms with E-state index in [1.807, 2.05) is 37.2 Å². The molecule has 2 aromatic heterocycles. The molecular formula is C33H36F2N8O4. The molecule has 14 heteroatoms. The van der Waals surface area contributed by atoms with Gasteiger partial charge in [-0.3, -0.25) is 19.3 Å². The zero-order valence-electron chi connectivity index (χ0n) is 27.0. The van der Waals surface area contributed by atoms with Gasteiger partial charge < -0.3 is 19.7 Å². The summed E-state index contributed by atoms with van der Waals surface area (Å²) >= 11 is 0. The second-order valence-corrected chi connectivity index (χ2v) is 11.3. The van der Waals surface area contributed by atoms with Gasteiger partial charge in [-0.1, -0.05) is 30.3 Å². The lowest BCUT2D eigenvalue weighted by atomic mass is 10.00. The minimum atomic E-state index is -1.06. The Labute approximate surface area is 271 Å². The van der Waals surface area contributed by atoms with Gasteiger partial charge in [0.1, 0.15) is 11.5 Å². The molecule has 2 amide bonds. The molecule has 0 saturated carbocycles. The number of urea groups is 1. The Bertz CT molecular complexity index is 1800. The van der Waals surface area contributed by atoms with Gasteiger partial charge in [0.2, 0.25) is 5.95 Å². The van der Waals surface area contributed by atoms with Crippen molar-refractivity contribution in [1.29, 1.82) is 0 Å². The summed E-state index contributed by atoms with van der Waals surface area (Å²) in [6.45, 7) is 2.17. The average Bonchev–Trinajstić information content (AvgIpc) is 3.45. The lowest BCUT2D eigenvalue weighted by Crippen LogP contribution is -2.49. The fourth-order valence-electron chi connectivity index (χ4n) is 5.23. The largest absolute Gasteiger partial charge is 0.493 e. The molecule has 12 nitrogen and oxygen atoms in total. The minimum absolute atomic E-state index is 0.0712. The highest BCUT2D eigenvalue weighted by atomic mass is 19.1. The van der Waals surface area contributed by atoms with Crippen molar-refractivity contribution in [3.63, 3.8) is 0 Å². The third kappa shape index (κ3) is 7.07. The summed E-state index contributed by atoms with van der Waals surface area (Å²) in [5, 5.41) is 7.32. The average molecular weight is 647 g/mol. The van der Waals surface area contributed by atoms with Crippen molar-refractivity contribution >= 4 is 35.1 Å². The number of ketones is 1. The van der Waals surface area contributed by atoms with Crippen LogP contribution in [0.25, 0.3) is 0 Å². The maximum Gasteiger partial charge on any atom is 0.331 e. The van der Waals surface area contributed by atoms with Crippen LogP contribution in [0.1, 0.15) is 29.7 Å². The number of carbonyl (C=O) groups excluding carboxylic acids is 2. The van der Waals surface area contributed by atoms with E-state index < -0.39 is 29.4 Å². The van der Waals surface area contributed by atoms with Gasteiger partial charge in [0, 0.05) is 50.1 Å². The van der Waals surface area contributed by atoms with Crippen LogP contribution in [0.2, 0.25) is 0 Å². The summed E-state index contributed by atoms with van der Waals surface area (Å²) < 4.78 is 43.3. The van der Waals surface area contributed by atoms with E-state index in [9.17, 15) is 9.59 Å². The summed E-state index contributed by atoms with van der Waals surface area (Å²) in [4.78, 5) is 40.4. The van der Waals surface area contributed by atoms with Crippen molar-refractivity contribution in [2.45, 2.75) is 25.9 Å². The zero-order valence-corrected chi connectivity index (χ0v) is 27.0. The normalized spacial score (nSPS) is 13.7. The second-order valence-electron chi connectivity index (χ2n) is 11.3.